The lowest BCUT2D eigenvalue weighted by Crippen LogP contribution is -2.39. The van der Waals surface area contributed by atoms with E-state index in [0.29, 0.717) is 0 Å². The highest BCUT2D eigenvalue weighted by Gasteiger charge is 2.38. The first kappa shape index (κ1) is 11.0. The number of nitroso groups, excluding NO2 is 1. The van der Waals surface area contributed by atoms with Gasteiger partial charge in [0.15, 0.2) is 0 Å². The Labute approximate surface area is 84.8 Å². The van der Waals surface area contributed by atoms with Crippen LogP contribution in [0.4, 0.5) is 0 Å². The van der Waals surface area contributed by atoms with Gasteiger partial charge in [-0.2, -0.15) is 0 Å². The fourth-order valence-corrected chi connectivity index (χ4v) is 2.13. The van der Waals surface area contributed by atoms with Gasteiger partial charge < -0.3 is 10.0 Å². The van der Waals surface area contributed by atoms with Crippen LogP contribution in [0.5, 0.6) is 0 Å². The van der Waals surface area contributed by atoms with E-state index in [1.165, 1.54) is 11.8 Å². The molecule has 0 aromatic heterocycles. The van der Waals surface area contributed by atoms with Gasteiger partial charge in [0.05, 0.1) is 5.25 Å². The summed E-state index contributed by atoms with van der Waals surface area (Å²) in [7, 11) is 0. The molecule has 14 heavy (non-hydrogen) atoms. The van der Waals surface area contributed by atoms with Crippen LogP contribution < -0.4 is 0 Å². The minimum absolute atomic E-state index is 0.197. The molecule has 0 bridgehead atoms. The average Bonchev–Trinajstić information content (AvgIpc) is 2.49. The van der Waals surface area contributed by atoms with Crippen molar-refractivity contribution in [3.63, 3.8) is 0 Å². The van der Waals surface area contributed by atoms with E-state index in [1.807, 2.05) is 0 Å². The third-order valence-electron chi connectivity index (χ3n) is 2.14. The second kappa shape index (κ2) is 4.41. The Morgan fingerprint density at radius 3 is 2.57 bits per heavy atom. The maximum absolute atomic E-state index is 11.1. The lowest BCUT2D eigenvalue weighted by atomic mass is 10.2. The predicted molar refractivity (Wildman–Crippen MR) is 50.6 cm³/mol. The molecule has 0 saturated carbocycles. The van der Waals surface area contributed by atoms with E-state index >= 15 is 0 Å². The number of hydrogen-bond donors (Lipinski definition) is 1. The molecular formula is C7H10N2O4S. The summed E-state index contributed by atoms with van der Waals surface area (Å²) in [5.74, 6) is -1.32. The van der Waals surface area contributed by atoms with Crippen LogP contribution in [0.1, 0.15) is 13.3 Å². The molecule has 2 unspecified atom stereocenters. The second-order valence-corrected chi connectivity index (χ2v) is 4.09. The molecule has 6 nitrogen and oxygen atoms in total. The number of carbonyl (C=O) groups is 2. The van der Waals surface area contributed by atoms with Gasteiger partial charge in [0.1, 0.15) is 6.04 Å². The fourth-order valence-electron chi connectivity index (χ4n) is 1.52. The number of likely N-dealkylation sites (tertiary alicyclic amines) is 1. The first-order valence-electron chi connectivity index (χ1n) is 4.04. The van der Waals surface area contributed by atoms with E-state index in [1.54, 1.807) is 0 Å². The zero-order valence-electron chi connectivity index (χ0n) is 7.54. The van der Waals surface area contributed by atoms with Crippen LogP contribution in [0.15, 0.2) is 4.58 Å². The lowest BCUT2D eigenvalue weighted by Gasteiger charge is -2.18. The molecule has 78 valence electrons. The Kier molecular flexibility index (Phi) is 3.45. The van der Waals surface area contributed by atoms with Crippen molar-refractivity contribution in [2.24, 2.45) is 4.58 Å². The van der Waals surface area contributed by atoms with E-state index in [4.69, 9.17) is 5.11 Å². The first-order chi connectivity index (χ1) is 6.56. The number of aliphatic carboxylic acids is 1. The third-order valence-corrected chi connectivity index (χ3v) is 2.87. The van der Waals surface area contributed by atoms with Crippen molar-refractivity contribution in [1.82, 2.24) is 4.90 Å². The van der Waals surface area contributed by atoms with Crippen LogP contribution in [-0.2, 0) is 9.59 Å². The zero-order valence-corrected chi connectivity index (χ0v) is 8.36. The number of hydrogen-bond acceptors (Lipinski definition) is 5. The highest BCUT2D eigenvalue weighted by molar-refractivity contribution is 7.98. The second-order valence-electron chi connectivity index (χ2n) is 3.06. The SMILES string of the molecule is CC(=O)N1CC(SN=O)CC1C(=O)O. The van der Waals surface area contributed by atoms with Crippen LogP contribution in [0.25, 0.3) is 0 Å². The first-order valence-corrected chi connectivity index (χ1v) is 4.88. The summed E-state index contributed by atoms with van der Waals surface area (Å²) in [4.78, 5) is 33.0. The monoisotopic (exact) mass is 218 g/mol. The Bertz CT molecular complexity index is 248. The van der Waals surface area contributed by atoms with Crippen molar-refractivity contribution in [2.45, 2.75) is 24.6 Å². The molecular weight excluding hydrogens is 208 g/mol. The highest BCUT2D eigenvalue weighted by atomic mass is 32.2. The number of nitrogens with zero attached hydrogens (tertiary/aromatic N) is 2. The van der Waals surface area contributed by atoms with Crippen LogP contribution >= 0.6 is 11.9 Å². The number of rotatable bonds is 3. The van der Waals surface area contributed by atoms with E-state index in [9.17, 15) is 14.5 Å². The number of carboxylic acids is 1. The van der Waals surface area contributed by atoms with Crippen molar-refractivity contribution in [2.75, 3.05) is 6.54 Å². The summed E-state index contributed by atoms with van der Waals surface area (Å²) >= 11 is 0.793. The van der Waals surface area contributed by atoms with E-state index in [-0.39, 0.29) is 24.1 Å². The predicted octanol–water partition coefficient (Wildman–Crippen LogP) is 0.475. The van der Waals surface area contributed by atoms with Gasteiger partial charge in [0.25, 0.3) is 0 Å². The number of amides is 1. The number of carboxylic acid groups (broad SMARTS) is 1. The molecule has 0 spiro atoms. The van der Waals surface area contributed by atoms with Crippen LogP contribution in [-0.4, -0.2) is 39.7 Å². The van der Waals surface area contributed by atoms with Gasteiger partial charge in [-0.05, 0) is 6.42 Å². The average molecular weight is 218 g/mol. The van der Waals surface area contributed by atoms with Gasteiger partial charge in [-0.15, -0.1) is 4.91 Å². The quantitative estimate of drug-likeness (QED) is 0.549. The molecule has 7 heteroatoms. The van der Waals surface area contributed by atoms with Gasteiger partial charge in [0, 0.05) is 30.0 Å². The van der Waals surface area contributed by atoms with E-state index < -0.39 is 12.0 Å². The van der Waals surface area contributed by atoms with E-state index in [2.05, 4.69) is 4.58 Å². The molecule has 1 amide bonds. The van der Waals surface area contributed by atoms with Gasteiger partial charge >= 0.3 is 5.97 Å². The van der Waals surface area contributed by atoms with Gasteiger partial charge in [-0.25, -0.2) is 4.79 Å². The van der Waals surface area contributed by atoms with Crippen molar-refractivity contribution >= 4 is 23.8 Å². The van der Waals surface area contributed by atoms with Crippen molar-refractivity contribution in [1.29, 1.82) is 0 Å². The van der Waals surface area contributed by atoms with Crippen LogP contribution in [0.2, 0.25) is 0 Å². The molecule has 0 aliphatic carbocycles. The molecule has 1 heterocycles. The maximum Gasteiger partial charge on any atom is 0.326 e. The van der Waals surface area contributed by atoms with Crippen molar-refractivity contribution in [3.05, 3.63) is 4.91 Å². The topological polar surface area (TPSA) is 87.0 Å². The van der Waals surface area contributed by atoms with E-state index in [0.717, 1.165) is 11.9 Å². The number of carbonyl (C=O) groups excluding carboxylic acids is 1. The molecule has 0 aromatic rings. The zero-order chi connectivity index (χ0) is 10.7. The van der Waals surface area contributed by atoms with Crippen molar-refractivity contribution < 1.29 is 14.7 Å². The molecule has 1 fully saturated rings. The summed E-state index contributed by atoms with van der Waals surface area (Å²) in [5.41, 5.74) is 0. The molecule has 2 atom stereocenters. The lowest BCUT2D eigenvalue weighted by molar-refractivity contribution is -0.147. The third kappa shape index (κ3) is 2.22. The minimum Gasteiger partial charge on any atom is -0.480 e. The Morgan fingerprint density at radius 2 is 2.21 bits per heavy atom. The standard InChI is InChI=1S/C7H10N2O4S/c1-4(10)9-3-5(14-8-13)2-6(9)7(11)12/h5-6H,2-3H2,1H3,(H,11,12). The smallest absolute Gasteiger partial charge is 0.326 e. The summed E-state index contributed by atoms with van der Waals surface area (Å²) in [5, 5.41) is 8.61. The van der Waals surface area contributed by atoms with Crippen LogP contribution in [0.3, 0.4) is 0 Å². The highest BCUT2D eigenvalue weighted by Crippen LogP contribution is 2.28. The van der Waals surface area contributed by atoms with Gasteiger partial charge in [-0.1, -0.05) is 0 Å². The molecule has 1 aliphatic rings. The van der Waals surface area contributed by atoms with Crippen LogP contribution in [0, 0.1) is 4.91 Å². The Morgan fingerprint density at radius 1 is 1.57 bits per heavy atom. The maximum atomic E-state index is 11.1. The largest absolute Gasteiger partial charge is 0.480 e. The fraction of sp³-hybridized carbons (Fsp3) is 0.714. The molecule has 1 rings (SSSR count). The van der Waals surface area contributed by atoms with Gasteiger partial charge in [-0.3, -0.25) is 4.79 Å². The Balaban J connectivity index is 2.69. The minimum atomic E-state index is -1.03. The summed E-state index contributed by atoms with van der Waals surface area (Å²) in [6.07, 6.45) is 0.283. The summed E-state index contributed by atoms with van der Waals surface area (Å²) in [6.45, 7) is 1.60. The molecule has 1 aliphatic heterocycles. The molecule has 1 N–H and O–H groups in total. The normalized spacial score (nSPS) is 26.2. The molecule has 0 aromatic carbocycles. The van der Waals surface area contributed by atoms with Crippen molar-refractivity contribution in [3.8, 4) is 0 Å². The summed E-state index contributed by atoms with van der Waals surface area (Å²) < 4.78 is 2.64. The van der Waals surface area contributed by atoms with Gasteiger partial charge in [0.2, 0.25) is 5.91 Å². The Hall–Kier alpha value is -1.11. The molecule has 1 saturated heterocycles. The summed E-state index contributed by atoms with van der Waals surface area (Å²) in [6, 6.07) is -0.813. The molecule has 0 radical (unpaired) electrons.